The third-order valence-electron chi connectivity index (χ3n) is 4.37. The van der Waals surface area contributed by atoms with Crippen LogP contribution in [0.4, 0.5) is 0 Å². The molecule has 1 atom stereocenters. The standard InChI is InChI=1S/C21H22N2O4S/c1-4-27-20(24)16-17(13-9-6-5-7-10-13)22-21(28)23-18(16)14-11-8-12-15(25-2)19(14)26-3/h5-12,18H,4H2,1-3H3,(H2,22,23,28)/t18-/m0/s1. The number of hydrogen-bond donors (Lipinski definition) is 2. The molecule has 3 rings (SSSR count). The minimum Gasteiger partial charge on any atom is -0.493 e. The van der Waals surface area contributed by atoms with Crippen molar-refractivity contribution in [3.05, 3.63) is 65.2 Å². The van der Waals surface area contributed by atoms with Crippen molar-refractivity contribution < 1.29 is 19.0 Å². The van der Waals surface area contributed by atoms with E-state index in [1.807, 2.05) is 42.5 Å². The summed E-state index contributed by atoms with van der Waals surface area (Å²) >= 11 is 5.42. The number of esters is 1. The molecule has 146 valence electrons. The number of para-hydroxylation sites is 1. The highest BCUT2D eigenvalue weighted by atomic mass is 32.1. The van der Waals surface area contributed by atoms with E-state index in [4.69, 9.17) is 26.4 Å². The second-order valence-corrected chi connectivity index (χ2v) is 6.40. The molecule has 0 amide bonds. The Morgan fingerprint density at radius 1 is 1.07 bits per heavy atom. The molecule has 0 fully saturated rings. The van der Waals surface area contributed by atoms with E-state index in [1.54, 1.807) is 27.2 Å². The van der Waals surface area contributed by atoms with Crippen molar-refractivity contribution in [1.82, 2.24) is 10.6 Å². The summed E-state index contributed by atoms with van der Waals surface area (Å²) < 4.78 is 16.4. The summed E-state index contributed by atoms with van der Waals surface area (Å²) in [6.45, 7) is 2.03. The zero-order valence-electron chi connectivity index (χ0n) is 15.9. The highest BCUT2D eigenvalue weighted by Gasteiger charge is 2.35. The van der Waals surface area contributed by atoms with Gasteiger partial charge in [-0.25, -0.2) is 4.79 Å². The van der Waals surface area contributed by atoms with Crippen molar-refractivity contribution in [2.75, 3.05) is 20.8 Å². The highest BCUT2D eigenvalue weighted by molar-refractivity contribution is 7.80. The van der Waals surface area contributed by atoms with Gasteiger partial charge in [0, 0.05) is 5.56 Å². The molecule has 0 unspecified atom stereocenters. The lowest BCUT2D eigenvalue weighted by molar-refractivity contribution is -0.138. The van der Waals surface area contributed by atoms with Crippen LogP contribution in [0.2, 0.25) is 0 Å². The topological polar surface area (TPSA) is 68.8 Å². The molecular formula is C21H22N2O4S. The average molecular weight is 398 g/mol. The van der Waals surface area contributed by atoms with Crippen molar-refractivity contribution in [2.45, 2.75) is 13.0 Å². The van der Waals surface area contributed by atoms with Crippen LogP contribution in [0.3, 0.4) is 0 Å². The minimum absolute atomic E-state index is 0.261. The van der Waals surface area contributed by atoms with Crippen molar-refractivity contribution in [3.8, 4) is 11.5 Å². The number of carbonyl (C=O) groups is 1. The normalized spacial score (nSPS) is 16.1. The number of ether oxygens (including phenoxy) is 3. The number of thiocarbonyl (C=S) groups is 1. The van der Waals surface area contributed by atoms with Crippen molar-refractivity contribution in [1.29, 1.82) is 0 Å². The minimum atomic E-state index is -0.562. The van der Waals surface area contributed by atoms with Gasteiger partial charge in [-0.15, -0.1) is 0 Å². The Bertz CT molecular complexity index is 912. The Balaban J connectivity index is 2.24. The molecule has 0 saturated heterocycles. The zero-order chi connectivity index (χ0) is 20.1. The van der Waals surface area contributed by atoms with E-state index in [9.17, 15) is 4.79 Å². The molecule has 1 heterocycles. The monoisotopic (exact) mass is 398 g/mol. The van der Waals surface area contributed by atoms with Crippen molar-refractivity contribution in [3.63, 3.8) is 0 Å². The smallest absolute Gasteiger partial charge is 0.338 e. The van der Waals surface area contributed by atoms with Crippen LogP contribution in [-0.4, -0.2) is 31.9 Å². The molecule has 0 aromatic heterocycles. The lowest BCUT2D eigenvalue weighted by Crippen LogP contribution is -2.45. The second-order valence-electron chi connectivity index (χ2n) is 5.99. The molecule has 28 heavy (non-hydrogen) atoms. The van der Waals surface area contributed by atoms with Gasteiger partial charge >= 0.3 is 5.97 Å². The van der Waals surface area contributed by atoms with Crippen LogP contribution < -0.4 is 20.1 Å². The Morgan fingerprint density at radius 2 is 1.82 bits per heavy atom. The van der Waals surface area contributed by atoms with E-state index in [0.717, 1.165) is 11.1 Å². The van der Waals surface area contributed by atoms with Crippen LogP contribution in [0.5, 0.6) is 11.5 Å². The third-order valence-corrected chi connectivity index (χ3v) is 4.59. The van der Waals surface area contributed by atoms with Crippen molar-refractivity contribution >= 4 is 29.0 Å². The van der Waals surface area contributed by atoms with Crippen LogP contribution in [0, 0.1) is 0 Å². The van der Waals surface area contributed by atoms with Crippen LogP contribution in [0.15, 0.2) is 54.1 Å². The maximum atomic E-state index is 13.0. The number of hydrogen-bond acceptors (Lipinski definition) is 5. The number of rotatable bonds is 6. The predicted molar refractivity (Wildman–Crippen MR) is 111 cm³/mol. The van der Waals surface area contributed by atoms with E-state index in [-0.39, 0.29) is 6.61 Å². The molecule has 7 heteroatoms. The van der Waals surface area contributed by atoms with Gasteiger partial charge in [-0.2, -0.15) is 0 Å². The maximum absolute atomic E-state index is 13.0. The molecule has 1 aliphatic rings. The van der Waals surface area contributed by atoms with E-state index in [0.29, 0.717) is 27.9 Å². The zero-order valence-corrected chi connectivity index (χ0v) is 16.8. The molecule has 0 aliphatic carbocycles. The molecule has 0 bridgehead atoms. The Hall–Kier alpha value is -3.06. The Labute approximate surface area is 169 Å². The maximum Gasteiger partial charge on any atom is 0.338 e. The van der Waals surface area contributed by atoms with Gasteiger partial charge in [0.2, 0.25) is 0 Å². The summed E-state index contributed by atoms with van der Waals surface area (Å²) in [5, 5.41) is 6.69. The van der Waals surface area contributed by atoms with Gasteiger partial charge in [0.05, 0.1) is 38.1 Å². The third kappa shape index (κ3) is 3.80. The number of methoxy groups -OCH3 is 2. The molecule has 0 radical (unpaired) electrons. The highest BCUT2D eigenvalue weighted by Crippen LogP contribution is 2.40. The van der Waals surface area contributed by atoms with Crippen LogP contribution in [-0.2, 0) is 9.53 Å². The molecule has 1 aliphatic heterocycles. The van der Waals surface area contributed by atoms with Gasteiger partial charge < -0.3 is 24.8 Å². The van der Waals surface area contributed by atoms with Crippen LogP contribution in [0.1, 0.15) is 24.1 Å². The first-order valence-electron chi connectivity index (χ1n) is 8.85. The summed E-state index contributed by atoms with van der Waals surface area (Å²) in [5.41, 5.74) is 2.59. The predicted octanol–water partition coefficient (Wildman–Crippen LogP) is 3.20. The van der Waals surface area contributed by atoms with Gasteiger partial charge in [-0.1, -0.05) is 42.5 Å². The molecule has 6 nitrogen and oxygen atoms in total. The molecular weight excluding hydrogens is 376 g/mol. The molecule has 2 aromatic carbocycles. The van der Waals surface area contributed by atoms with Crippen LogP contribution >= 0.6 is 12.2 Å². The van der Waals surface area contributed by atoms with E-state index < -0.39 is 12.0 Å². The number of carbonyl (C=O) groups excluding carboxylic acids is 1. The first-order valence-corrected chi connectivity index (χ1v) is 9.26. The molecule has 0 spiro atoms. The van der Waals surface area contributed by atoms with Crippen LogP contribution in [0.25, 0.3) is 5.70 Å². The Morgan fingerprint density at radius 3 is 2.46 bits per heavy atom. The lowest BCUT2D eigenvalue weighted by atomic mass is 9.92. The fourth-order valence-corrected chi connectivity index (χ4v) is 3.42. The van der Waals surface area contributed by atoms with E-state index in [1.165, 1.54) is 0 Å². The number of benzene rings is 2. The van der Waals surface area contributed by atoms with Gasteiger partial charge in [-0.3, -0.25) is 0 Å². The van der Waals surface area contributed by atoms with E-state index in [2.05, 4.69) is 10.6 Å². The van der Waals surface area contributed by atoms with Gasteiger partial charge in [0.1, 0.15) is 0 Å². The fraction of sp³-hybridized carbons (Fsp3) is 0.238. The quantitative estimate of drug-likeness (QED) is 0.572. The summed E-state index contributed by atoms with van der Waals surface area (Å²) in [6, 6.07) is 14.5. The fourth-order valence-electron chi connectivity index (χ4n) is 3.20. The molecule has 2 N–H and O–H groups in total. The summed E-state index contributed by atoms with van der Waals surface area (Å²) in [5.74, 6) is 0.663. The van der Waals surface area contributed by atoms with Gasteiger partial charge in [0.25, 0.3) is 0 Å². The molecule has 0 saturated carbocycles. The van der Waals surface area contributed by atoms with Gasteiger partial charge in [0.15, 0.2) is 16.6 Å². The van der Waals surface area contributed by atoms with Crippen molar-refractivity contribution in [2.24, 2.45) is 0 Å². The Kier molecular flexibility index (Phi) is 6.16. The van der Waals surface area contributed by atoms with E-state index >= 15 is 0 Å². The first-order chi connectivity index (χ1) is 13.6. The largest absolute Gasteiger partial charge is 0.493 e. The lowest BCUT2D eigenvalue weighted by Gasteiger charge is -2.32. The second kappa shape index (κ2) is 8.75. The summed E-state index contributed by atoms with van der Waals surface area (Å²) in [6.07, 6.45) is 0. The van der Waals surface area contributed by atoms with Gasteiger partial charge in [-0.05, 0) is 30.8 Å². The first kappa shape index (κ1) is 19.7. The number of nitrogens with one attached hydrogen (secondary N) is 2. The summed E-state index contributed by atoms with van der Waals surface area (Å²) in [4.78, 5) is 13.0. The summed E-state index contributed by atoms with van der Waals surface area (Å²) in [7, 11) is 3.13. The molecule has 2 aromatic rings. The average Bonchev–Trinajstić information content (AvgIpc) is 2.73. The SMILES string of the molecule is CCOC(=O)C1=C(c2ccccc2)NC(=S)N[C@H]1c1cccc(OC)c1OC.